The highest BCUT2D eigenvalue weighted by Crippen LogP contribution is 2.20. The number of para-hydroxylation sites is 1. The summed E-state index contributed by atoms with van der Waals surface area (Å²) in [4.78, 5) is 25.2. The van der Waals surface area contributed by atoms with E-state index in [4.69, 9.17) is 0 Å². The van der Waals surface area contributed by atoms with Gasteiger partial charge in [-0.2, -0.15) is 0 Å². The van der Waals surface area contributed by atoms with Gasteiger partial charge >= 0.3 is 0 Å². The standard InChI is InChI=1S/C21H23N7O/c1-2-16-6-3-4-7-17(16)24-19-9-8-18(25-26-19)20(29)27-12-14-28(15-13-27)21-22-10-5-11-23-21/h3-11H,2,12-15H2,1H3,(H,24,26). The molecule has 1 aliphatic rings. The molecule has 0 atom stereocenters. The van der Waals surface area contributed by atoms with E-state index in [0.29, 0.717) is 43.6 Å². The molecule has 0 saturated carbocycles. The lowest BCUT2D eigenvalue weighted by atomic mass is 10.1. The molecule has 148 valence electrons. The number of carbonyl (C=O) groups excluding carboxylic acids is 1. The third-order valence-corrected chi connectivity index (χ3v) is 4.95. The highest BCUT2D eigenvalue weighted by molar-refractivity contribution is 5.92. The molecule has 8 heteroatoms. The van der Waals surface area contributed by atoms with Crippen LogP contribution in [-0.4, -0.2) is 57.2 Å². The van der Waals surface area contributed by atoms with E-state index in [1.54, 1.807) is 35.5 Å². The van der Waals surface area contributed by atoms with Crippen molar-refractivity contribution in [3.05, 3.63) is 66.1 Å². The maximum atomic E-state index is 12.8. The number of hydrogen-bond donors (Lipinski definition) is 1. The Hall–Kier alpha value is -3.55. The van der Waals surface area contributed by atoms with Crippen LogP contribution in [0.1, 0.15) is 23.0 Å². The van der Waals surface area contributed by atoms with Crippen LogP contribution in [0.4, 0.5) is 17.5 Å². The van der Waals surface area contributed by atoms with Crippen LogP contribution in [0.3, 0.4) is 0 Å². The van der Waals surface area contributed by atoms with Crippen molar-refractivity contribution in [3.63, 3.8) is 0 Å². The molecule has 0 spiro atoms. The monoisotopic (exact) mass is 389 g/mol. The zero-order chi connectivity index (χ0) is 20.1. The summed E-state index contributed by atoms with van der Waals surface area (Å²) in [6.07, 6.45) is 4.38. The lowest BCUT2D eigenvalue weighted by Crippen LogP contribution is -2.49. The van der Waals surface area contributed by atoms with Gasteiger partial charge in [0.15, 0.2) is 11.5 Å². The van der Waals surface area contributed by atoms with E-state index in [0.717, 1.165) is 12.1 Å². The molecule has 3 aromatic rings. The molecule has 4 rings (SSSR count). The fourth-order valence-electron chi connectivity index (χ4n) is 3.33. The van der Waals surface area contributed by atoms with Crippen molar-refractivity contribution in [2.24, 2.45) is 0 Å². The fourth-order valence-corrected chi connectivity index (χ4v) is 3.33. The Morgan fingerprint density at radius 1 is 0.966 bits per heavy atom. The van der Waals surface area contributed by atoms with E-state index in [1.807, 2.05) is 18.2 Å². The summed E-state index contributed by atoms with van der Waals surface area (Å²) in [6, 6.07) is 13.4. The van der Waals surface area contributed by atoms with Gasteiger partial charge in [0.2, 0.25) is 5.95 Å². The van der Waals surface area contributed by atoms with Crippen molar-refractivity contribution in [3.8, 4) is 0 Å². The zero-order valence-electron chi connectivity index (χ0n) is 16.3. The number of piperazine rings is 1. The molecule has 0 unspecified atom stereocenters. The van der Waals surface area contributed by atoms with Crippen molar-refractivity contribution in [2.75, 3.05) is 36.4 Å². The van der Waals surface area contributed by atoms with Gasteiger partial charge in [0.05, 0.1) is 0 Å². The quantitative estimate of drug-likeness (QED) is 0.717. The van der Waals surface area contributed by atoms with E-state index >= 15 is 0 Å². The first-order valence-corrected chi connectivity index (χ1v) is 9.74. The molecular weight excluding hydrogens is 366 g/mol. The van der Waals surface area contributed by atoms with Crippen LogP contribution < -0.4 is 10.2 Å². The number of benzene rings is 1. The van der Waals surface area contributed by atoms with Gasteiger partial charge in [-0.15, -0.1) is 10.2 Å². The van der Waals surface area contributed by atoms with Gasteiger partial charge in [-0.3, -0.25) is 4.79 Å². The number of anilines is 3. The number of nitrogens with zero attached hydrogens (tertiary/aromatic N) is 6. The Balaban J connectivity index is 1.37. The maximum absolute atomic E-state index is 12.8. The molecule has 1 saturated heterocycles. The molecule has 0 radical (unpaired) electrons. The smallest absolute Gasteiger partial charge is 0.274 e. The number of nitrogens with one attached hydrogen (secondary N) is 1. The molecule has 8 nitrogen and oxygen atoms in total. The van der Waals surface area contributed by atoms with Gasteiger partial charge in [-0.05, 0) is 36.2 Å². The number of aromatic nitrogens is 4. The summed E-state index contributed by atoms with van der Waals surface area (Å²) in [5, 5.41) is 11.6. The third-order valence-electron chi connectivity index (χ3n) is 4.95. The van der Waals surface area contributed by atoms with Crippen LogP contribution in [0.5, 0.6) is 0 Å². The first-order valence-electron chi connectivity index (χ1n) is 9.74. The first kappa shape index (κ1) is 18.8. The minimum Gasteiger partial charge on any atom is -0.339 e. The van der Waals surface area contributed by atoms with Gasteiger partial charge < -0.3 is 15.1 Å². The molecule has 2 aromatic heterocycles. The largest absolute Gasteiger partial charge is 0.339 e. The number of hydrogen-bond acceptors (Lipinski definition) is 7. The van der Waals surface area contributed by atoms with E-state index < -0.39 is 0 Å². The summed E-state index contributed by atoms with van der Waals surface area (Å²) >= 11 is 0. The third kappa shape index (κ3) is 4.31. The summed E-state index contributed by atoms with van der Waals surface area (Å²) < 4.78 is 0. The van der Waals surface area contributed by atoms with Crippen LogP contribution in [0.25, 0.3) is 0 Å². The molecule has 1 N–H and O–H groups in total. The Labute approximate surface area is 169 Å². The van der Waals surface area contributed by atoms with Crippen molar-refractivity contribution in [1.29, 1.82) is 0 Å². The summed E-state index contributed by atoms with van der Waals surface area (Å²) in [5.41, 5.74) is 2.56. The zero-order valence-corrected chi connectivity index (χ0v) is 16.3. The Kier molecular flexibility index (Phi) is 5.60. The molecule has 3 heterocycles. The van der Waals surface area contributed by atoms with E-state index in [-0.39, 0.29) is 5.91 Å². The molecule has 1 fully saturated rings. The highest BCUT2D eigenvalue weighted by atomic mass is 16.2. The molecule has 0 aliphatic carbocycles. The van der Waals surface area contributed by atoms with Crippen LogP contribution >= 0.6 is 0 Å². The molecule has 1 aromatic carbocycles. The van der Waals surface area contributed by atoms with Crippen molar-refractivity contribution >= 4 is 23.4 Å². The lowest BCUT2D eigenvalue weighted by Gasteiger charge is -2.34. The van der Waals surface area contributed by atoms with Crippen molar-refractivity contribution < 1.29 is 4.79 Å². The van der Waals surface area contributed by atoms with E-state index in [2.05, 4.69) is 43.4 Å². The number of aryl methyl sites for hydroxylation is 1. The fraction of sp³-hybridized carbons (Fsp3) is 0.286. The van der Waals surface area contributed by atoms with Gasteiger partial charge in [-0.25, -0.2) is 9.97 Å². The minimum atomic E-state index is -0.105. The normalized spacial score (nSPS) is 14.0. The van der Waals surface area contributed by atoms with E-state index in [9.17, 15) is 4.79 Å². The molecule has 29 heavy (non-hydrogen) atoms. The lowest BCUT2D eigenvalue weighted by molar-refractivity contribution is 0.0739. The van der Waals surface area contributed by atoms with Crippen LogP contribution in [0.2, 0.25) is 0 Å². The second kappa shape index (κ2) is 8.64. The van der Waals surface area contributed by atoms with Crippen molar-refractivity contribution in [2.45, 2.75) is 13.3 Å². The predicted octanol–water partition coefficient (Wildman–Crippen LogP) is 2.54. The van der Waals surface area contributed by atoms with E-state index in [1.165, 1.54) is 5.56 Å². The highest BCUT2D eigenvalue weighted by Gasteiger charge is 2.24. The molecule has 0 bridgehead atoms. The second-order valence-electron chi connectivity index (χ2n) is 6.77. The molecule has 1 amide bonds. The van der Waals surface area contributed by atoms with Crippen LogP contribution in [-0.2, 0) is 6.42 Å². The van der Waals surface area contributed by atoms with Crippen LogP contribution in [0.15, 0.2) is 54.9 Å². The van der Waals surface area contributed by atoms with Gasteiger partial charge in [0, 0.05) is 44.3 Å². The van der Waals surface area contributed by atoms with Gasteiger partial charge in [0.25, 0.3) is 5.91 Å². The average molecular weight is 389 g/mol. The Morgan fingerprint density at radius 2 is 1.72 bits per heavy atom. The van der Waals surface area contributed by atoms with Gasteiger partial charge in [0.1, 0.15) is 0 Å². The summed E-state index contributed by atoms with van der Waals surface area (Å²) in [5.74, 6) is 1.21. The number of carbonyl (C=O) groups is 1. The first-order chi connectivity index (χ1) is 14.2. The summed E-state index contributed by atoms with van der Waals surface area (Å²) in [7, 11) is 0. The average Bonchev–Trinajstić information content (AvgIpc) is 2.80. The topological polar surface area (TPSA) is 87.1 Å². The predicted molar refractivity (Wildman–Crippen MR) is 111 cm³/mol. The van der Waals surface area contributed by atoms with Gasteiger partial charge in [-0.1, -0.05) is 25.1 Å². The Bertz CT molecular complexity index is 954. The molecular formula is C21H23N7O. The second-order valence-corrected chi connectivity index (χ2v) is 6.77. The minimum absolute atomic E-state index is 0.105. The number of rotatable bonds is 5. The number of amides is 1. The SMILES string of the molecule is CCc1ccccc1Nc1ccc(C(=O)N2CCN(c3ncccn3)CC2)nn1. The Morgan fingerprint density at radius 3 is 2.41 bits per heavy atom. The molecule has 1 aliphatic heterocycles. The van der Waals surface area contributed by atoms with Crippen molar-refractivity contribution in [1.82, 2.24) is 25.1 Å². The van der Waals surface area contributed by atoms with Crippen LogP contribution in [0, 0.1) is 0 Å². The summed E-state index contributed by atoms with van der Waals surface area (Å²) in [6.45, 7) is 4.69. The maximum Gasteiger partial charge on any atom is 0.274 e.